The van der Waals surface area contributed by atoms with Crippen molar-refractivity contribution < 1.29 is 14.3 Å². The average Bonchev–Trinajstić information content (AvgIpc) is 3.28. The molecule has 154 valence electrons. The third kappa shape index (κ3) is 5.20. The smallest absolute Gasteiger partial charge is 0.147 e. The first-order valence-electron chi connectivity index (χ1n) is 10.4. The third-order valence-corrected chi connectivity index (χ3v) is 5.62. The van der Waals surface area contributed by atoms with Gasteiger partial charge in [-0.1, -0.05) is 6.42 Å². The van der Waals surface area contributed by atoms with Crippen molar-refractivity contribution in [2.24, 2.45) is 0 Å². The van der Waals surface area contributed by atoms with E-state index >= 15 is 0 Å². The van der Waals surface area contributed by atoms with Crippen molar-refractivity contribution in [2.75, 3.05) is 39.3 Å². The molecule has 1 fully saturated rings. The van der Waals surface area contributed by atoms with Crippen LogP contribution in [0.5, 0.6) is 0 Å². The number of nitrogens with zero attached hydrogens (tertiary/aromatic N) is 5. The van der Waals surface area contributed by atoms with Crippen LogP contribution in [0.25, 0.3) is 0 Å². The number of aliphatic hydroxyl groups excluding tert-OH is 1. The second-order valence-corrected chi connectivity index (χ2v) is 7.82. The summed E-state index contributed by atoms with van der Waals surface area (Å²) < 4.78 is 13.1. The average molecular weight is 390 g/mol. The normalized spacial score (nSPS) is 20.0. The van der Waals surface area contributed by atoms with Crippen molar-refractivity contribution in [1.29, 1.82) is 0 Å². The maximum absolute atomic E-state index is 10.2. The molecule has 1 saturated heterocycles. The van der Waals surface area contributed by atoms with Crippen LogP contribution in [0.15, 0.2) is 22.8 Å². The number of aryl methyl sites for hydroxylation is 1. The summed E-state index contributed by atoms with van der Waals surface area (Å²) in [6.45, 7) is 7.19. The summed E-state index contributed by atoms with van der Waals surface area (Å²) in [6, 6.07) is 3.71. The lowest BCUT2D eigenvalue weighted by molar-refractivity contribution is -0.00328. The molecule has 1 unspecified atom stereocenters. The Hall–Kier alpha value is -1.74. The number of fused-ring (bicyclic) bond motifs is 1. The first kappa shape index (κ1) is 19.6. The molecule has 2 aromatic rings. The van der Waals surface area contributed by atoms with E-state index in [2.05, 4.69) is 24.6 Å². The van der Waals surface area contributed by atoms with Crippen LogP contribution in [-0.4, -0.2) is 75.1 Å². The Morgan fingerprint density at radius 1 is 1.07 bits per heavy atom. The van der Waals surface area contributed by atoms with E-state index in [4.69, 9.17) is 9.15 Å². The van der Waals surface area contributed by atoms with Crippen molar-refractivity contribution in [3.05, 3.63) is 35.8 Å². The number of ether oxygens (including phenoxy) is 1. The summed E-state index contributed by atoms with van der Waals surface area (Å²) in [7, 11) is 0. The zero-order valence-electron chi connectivity index (χ0n) is 16.5. The molecule has 2 aliphatic heterocycles. The van der Waals surface area contributed by atoms with Gasteiger partial charge in [0, 0.05) is 45.7 Å². The van der Waals surface area contributed by atoms with Crippen LogP contribution >= 0.6 is 0 Å². The molecule has 1 N–H and O–H groups in total. The maximum atomic E-state index is 10.2. The van der Waals surface area contributed by atoms with Crippen LogP contribution in [0.4, 0.5) is 0 Å². The third-order valence-electron chi connectivity index (χ3n) is 5.62. The molecule has 2 aromatic heterocycles. The van der Waals surface area contributed by atoms with Gasteiger partial charge >= 0.3 is 0 Å². The van der Waals surface area contributed by atoms with Crippen molar-refractivity contribution in [2.45, 2.75) is 51.5 Å². The van der Waals surface area contributed by atoms with Gasteiger partial charge < -0.3 is 18.8 Å². The highest BCUT2D eigenvalue weighted by molar-refractivity contribution is 4.98. The van der Waals surface area contributed by atoms with E-state index in [1.807, 2.05) is 12.1 Å². The minimum atomic E-state index is -0.478. The summed E-state index contributed by atoms with van der Waals surface area (Å²) in [4.78, 5) is 4.75. The molecule has 4 heterocycles. The number of hydrogen-bond donors (Lipinski definition) is 1. The summed E-state index contributed by atoms with van der Waals surface area (Å²) in [5, 5.41) is 19.1. The monoisotopic (exact) mass is 389 g/mol. The van der Waals surface area contributed by atoms with Gasteiger partial charge in [-0.05, 0) is 25.0 Å². The molecule has 8 heteroatoms. The van der Waals surface area contributed by atoms with E-state index in [9.17, 15) is 5.11 Å². The second kappa shape index (κ2) is 9.65. The Labute approximate surface area is 166 Å². The zero-order chi connectivity index (χ0) is 19.2. The van der Waals surface area contributed by atoms with E-state index in [1.165, 1.54) is 19.3 Å². The summed E-state index contributed by atoms with van der Waals surface area (Å²) in [5.41, 5.74) is 0. The lowest BCUT2D eigenvalue weighted by Gasteiger charge is -2.35. The Morgan fingerprint density at radius 3 is 2.75 bits per heavy atom. The van der Waals surface area contributed by atoms with Crippen LogP contribution in [0.1, 0.15) is 36.7 Å². The van der Waals surface area contributed by atoms with Crippen molar-refractivity contribution in [3.63, 3.8) is 0 Å². The predicted molar refractivity (Wildman–Crippen MR) is 104 cm³/mol. The molecule has 0 saturated carbocycles. The largest absolute Gasteiger partial charge is 0.467 e. The Bertz CT molecular complexity index is 710. The highest BCUT2D eigenvalue weighted by Crippen LogP contribution is 2.16. The van der Waals surface area contributed by atoms with Crippen LogP contribution in [-0.2, 0) is 30.9 Å². The lowest BCUT2D eigenvalue weighted by Crippen LogP contribution is -2.48. The molecule has 0 spiro atoms. The maximum Gasteiger partial charge on any atom is 0.147 e. The van der Waals surface area contributed by atoms with Crippen molar-refractivity contribution >= 4 is 0 Å². The van der Waals surface area contributed by atoms with Gasteiger partial charge in [0.25, 0.3) is 0 Å². The molecule has 0 radical (unpaired) electrons. The van der Waals surface area contributed by atoms with Crippen LogP contribution < -0.4 is 0 Å². The first-order valence-corrected chi connectivity index (χ1v) is 10.4. The van der Waals surface area contributed by atoms with Gasteiger partial charge in [-0.3, -0.25) is 9.80 Å². The second-order valence-electron chi connectivity index (χ2n) is 7.82. The Morgan fingerprint density at radius 2 is 1.93 bits per heavy atom. The van der Waals surface area contributed by atoms with Crippen LogP contribution in [0.3, 0.4) is 0 Å². The fraction of sp³-hybridized carbons (Fsp3) is 0.700. The number of piperazine rings is 1. The standard InChI is InChI=1S/C20H31N5O3/c26-17(15-27-16-18-5-4-12-28-18)13-23-8-10-24(11-9-23)14-20-22-21-19-6-2-1-3-7-25(19)20/h4-5,12,17,26H,1-3,6-11,13-16H2. The molecule has 0 aliphatic carbocycles. The van der Waals surface area contributed by atoms with E-state index in [-0.39, 0.29) is 0 Å². The summed E-state index contributed by atoms with van der Waals surface area (Å²) in [6.07, 6.45) is 5.95. The Balaban J connectivity index is 1.17. The number of furan rings is 1. The number of rotatable bonds is 8. The molecule has 28 heavy (non-hydrogen) atoms. The van der Waals surface area contributed by atoms with E-state index in [0.29, 0.717) is 19.8 Å². The molecule has 2 aliphatic rings. The molecule has 0 bridgehead atoms. The van der Waals surface area contributed by atoms with E-state index in [0.717, 1.165) is 63.1 Å². The summed E-state index contributed by atoms with van der Waals surface area (Å²) >= 11 is 0. The number of β-amino-alcohol motifs (C(OH)–C–C–N with tert-alkyl or cyclic N) is 1. The molecule has 8 nitrogen and oxygen atoms in total. The highest BCUT2D eigenvalue weighted by Gasteiger charge is 2.22. The predicted octanol–water partition coefficient (Wildman–Crippen LogP) is 1.29. The van der Waals surface area contributed by atoms with Gasteiger partial charge in [0.1, 0.15) is 24.0 Å². The molecule has 0 aromatic carbocycles. The topological polar surface area (TPSA) is 79.8 Å². The SMILES string of the molecule is OC(COCc1ccco1)CN1CCN(Cc2nnc3n2CCCCC3)CC1. The number of hydrogen-bond acceptors (Lipinski definition) is 7. The van der Waals surface area contributed by atoms with Gasteiger partial charge in [0.2, 0.25) is 0 Å². The van der Waals surface area contributed by atoms with Gasteiger partial charge in [-0.15, -0.1) is 10.2 Å². The van der Waals surface area contributed by atoms with E-state index in [1.54, 1.807) is 6.26 Å². The van der Waals surface area contributed by atoms with Gasteiger partial charge in [0.15, 0.2) is 0 Å². The van der Waals surface area contributed by atoms with Crippen molar-refractivity contribution in [1.82, 2.24) is 24.6 Å². The van der Waals surface area contributed by atoms with E-state index < -0.39 is 6.10 Å². The highest BCUT2D eigenvalue weighted by atomic mass is 16.5. The minimum absolute atomic E-state index is 0.326. The van der Waals surface area contributed by atoms with Gasteiger partial charge in [-0.25, -0.2) is 0 Å². The van der Waals surface area contributed by atoms with Crippen LogP contribution in [0, 0.1) is 0 Å². The molecular formula is C20H31N5O3. The molecular weight excluding hydrogens is 358 g/mol. The molecule has 0 amide bonds. The van der Waals surface area contributed by atoms with Crippen molar-refractivity contribution in [3.8, 4) is 0 Å². The Kier molecular flexibility index (Phi) is 6.74. The summed E-state index contributed by atoms with van der Waals surface area (Å²) in [5.74, 6) is 3.05. The van der Waals surface area contributed by atoms with Gasteiger partial charge in [-0.2, -0.15) is 0 Å². The van der Waals surface area contributed by atoms with Crippen LogP contribution in [0.2, 0.25) is 0 Å². The first-order chi connectivity index (χ1) is 13.8. The number of aromatic nitrogens is 3. The fourth-order valence-corrected chi connectivity index (χ4v) is 4.03. The lowest BCUT2D eigenvalue weighted by atomic mass is 10.2. The quantitative estimate of drug-likeness (QED) is 0.729. The minimum Gasteiger partial charge on any atom is -0.467 e. The zero-order valence-corrected chi connectivity index (χ0v) is 16.5. The fourth-order valence-electron chi connectivity index (χ4n) is 4.03. The van der Waals surface area contributed by atoms with Gasteiger partial charge in [0.05, 0.1) is 25.5 Å². The molecule has 1 atom stereocenters. The molecule has 4 rings (SSSR count). The number of aliphatic hydroxyl groups is 1.